The van der Waals surface area contributed by atoms with Gasteiger partial charge >= 0.3 is 0 Å². The van der Waals surface area contributed by atoms with Gasteiger partial charge in [0.25, 0.3) is 0 Å². The minimum Gasteiger partial charge on any atom is -0.355 e. The highest BCUT2D eigenvalue weighted by atomic mass is 35.5. The van der Waals surface area contributed by atoms with Crippen LogP contribution in [-0.4, -0.2) is 24.1 Å². The van der Waals surface area contributed by atoms with Crippen molar-refractivity contribution in [3.05, 3.63) is 22.8 Å². The molecular formula is C17H28ClN3. The first-order chi connectivity index (χ1) is 9.99. The second-order valence-corrected chi connectivity index (χ2v) is 6.97. The number of rotatable bonds is 6. The van der Waals surface area contributed by atoms with Crippen LogP contribution in [0.15, 0.2) is 12.3 Å². The first-order valence-electron chi connectivity index (χ1n) is 8.12. The summed E-state index contributed by atoms with van der Waals surface area (Å²) in [6.07, 6.45) is 5.66. The third kappa shape index (κ3) is 3.89. The highest BCUT2D eigenvalue weighted by Crippen LogP contribution is 2.40. The van der Waals surface area contributed by atoms with E-state index < -0.39 is 0 Å². The first-order valence-corrected chi connectivity index (χ1v) is 8.50. The molecule has 0 amide bonds. The molecule has 3 nitrogen and oxygen atoms in total. The van der Waals surface area contributed by atoms with Crippen molar-refractivity contribution in [1.29, 1.82) is 0 Å². The van der Waals surface area contributed by atoms with Crippen molar-refractivity contribution in [3.63, 3.8) is 0 Å². The highest BCUT2D eigenvalue weighted by molar-refractivity contribution is 6.33. The van der Waals surface area contributed by atoms with Crippen molar-refractivity contribution in [2.24, 2.45) is 5.41 Å². The lowest BCUT2D eigenvalue weighted by atomic mass is 9.82. The zero-order valence-electron chi connectivity index (χ0n) is 13.7. The topological polar surface area (TPSA) is 28.2 Å². The number of hydrogen-bond acceptors (Lipinski definition) is 3. The Morgan fingerprint density at radius 3 is 2.62 bits per heavy atom. The molecule has 1 aromatic rings. The number of hydrogen-bond donors (Lipinski definition) is 1. The van der Waals surface area contributed by atoms with Gasteiger partial charge < -0.3 is 10.2 Å². The number of nitrogens with one attached hydrogen (secondary N) is 1. The molecule has 0 aromatic carbocycles. The van der Waals surface area contributed by atoms with Gasteiger partial charge in [-0.15, -0.1) is 0 Å². The van der Waals surface area contributed by atoms with Gasteiger partial charge in [0, 0.05) is 31.9 Å². The molecule has 4 heteroatoms. The standard InChI is InChI=1S/C17H28ClN3/c1-5-17(6-2)7-8-21(12-17)16-15(18)9-14(11-20-16)10-19-13(3)4/h9,11,13,19H,5-8,10,12H2,1-4H3. The van der Waals surface area contributed by atoms with Gasteiger partial charge in [0.15, 0.2) is 0 Å². The van der Waals surface area contributed by atoms with Crippen LogP contribution in [0.5, 0.6) is 0 Å². The number of halogens is 1. The van der Waals surface area contributed by atoms with E-state index in [1.807, 2.05) is 6.20 Å². The van der Waals surface area contributed by atoms with E-state index in [1.165, 1.54) is 19.3 Å². The fourth-order valence-electron chi connectivity index (χ4n) is 3.06. The molecule has 1 aliphatic rings. The second-order valence-electron chi connectivity index (χ2n) is 6.56. The van der Waals surface area contributed by atoms with Gasteiger partial charge in [-0.25, -0.2) is 4.98 Å². The van der Waals surface area contributed by atoms with Crippen molar-refractivity contribution >= 4 is 17.4 Å². The van der Waals surface area contributed by atoms with Crippen LogP contribution in [0.2, 0.25) is 5.02 Å². The number of nitrogens with zero attached hydrogens (tertiary/aromatic N) is 2. The lowest BCUT2D eigenvalue weighted by Crippen LogP contribution is -2.27. The van der Waals surface area contributed by atoms with Crippen molar-refractivity contribution in [2.45, 2.75) is 59.5 Å². The molecule has 1 aromatic heterocycles. The SMILES string of the molecule is CCC1(CC)CCN(c2ncc(CNC(C)C)cc2Cl)C1. The summed E-state index contributed by atoms with van der Waals surface area (Å²) in [4.78, 5) is 6.98. The largest absolute Gasteiger partial charge is 0.355 e. The van der Waals surface area contributed by atoms with Gasteiger partial charge in [0.1, 0.15) is 5.82 Å². The molecule has 118 valence electrons. The van der Waals surface area contributed by atoms with Gasteiger partial charge in [-0.05, 0) is 36.3 Å². The summed E-state index contributed by atoms with van der Waals surface area (Å²) in [5, 5.41) is 4.18. The fraction of sp³-hybridized carbons (Fsp3) is 0.706. The third-order valence-corrected chi connectivity index (χ3v) is 5.11. The molecule has 0 saturated carbocycles. The van der Waals surface area contributed by atoms with E-state index in [9.17, 15) is 0 Å². The second kappa shape index (κ2) is 6.97. The van der Waals surface area contributed by atoms with Crippen LogP contribution in [0.4, 0.5) is 5.82 Å². The van der Waals surface area contributed by atoms with E-state index in [2.05, 4.69) is 49.0 Å². The zero-order valence-corrected chi connectivity index (χ0v) is 14.5. The zero-order chi connectivity index (χ0) is 15.5. The number of pyridine rings is 1. The van der Waals surface area contributed by atoms with E-state index in [0.717, 1.165) is 36.0 Å². The van der Waals surface area contributed by atoms with Crippen LogP contribution >= 0.6 is 11.6 Å². The lowest BCUT2D eigenvalue weighted by molar-refractivity contribution is 0.301. The van der Waals surface area contributed by atoms with Crippen LogP contribution in [-0.2, 0) is 6.54 Å². The normalized spacial score (nSPS) is 17.7. The monoisotopic (exact) mass is 309 g/mol. The molecule has 0 aliphatic carbocycles. The van der Waals surface area contributed by atoms with Crippen molar-refractivity contribution < 1.29 is 0 Å². The summed E-state index contributed by atoms with van der Waals surface area (Å²) in [5.41, 5.74) is 1.59. The van der Waals surface area contributed by atoms with Crippen LogP contribution in [0, 0.1) is 5.41 Å². The summed E-state index contributed by atoms with van der Waals surface area (Å²) in [5.74, 6) is 0.953. The van der Waals surface area contributed by atoms with Crippen LogP contribution in [0.3, 0.4) is 0 Å². The molecule has 0 radical (unpaired) electrons. The van der Waals surface area contributed by atoms with Gasteiger partial charge in [0.2, 0.25) is 0 Å². The summed E-state index contributed by atoms with van der Waals surface area (Å²) >= 11 is 6.47. The van der Waals surface area contributed by atoms with Gasteiger partial charge in [0.05, 0.1) is 5.02 Å². The Morgan fingerprint density at radius 1 is 1.38 bits per heavy atom. The average molecular weight is 310 g/mol. The van der Waals surface area contributed by atoms with Crippen molar-refractivity contribution in [2.75, 3.05) is 18.0 Å². The van der Waals surface area contributed by atoms with Crippen LogP contribution in [0.25, 0.3) is 0 Å². The summed E-state index contributed by atoms with van der Waals surface area (Å²) in [7, 11) is 0. The Kier molecular flexibility index (Phi) is 5.50. The molecule has 1 aliphatic heterocycles. The maximum Gasteiger partial charge on any atom is 0.147 e. The van der Waals surface area contributed by atoms with Gasteiger partial charge in [-0.2, -0.15) is 0 Å². The van der Waals surface area contributed by atoms with E-state index in [1.54, 1.807) is 0 Å². The number of aromatic nitrogens is 1. The van der Waals surface area contributed by atoms with E-state index in [4.69, 9.17) is 11.6 Å². The minimum atomic E-state index is 0.447. The van der Waals surface area contributed by atoms with Crippen molar-refractivity contribution in [3.8, 4) is 0 Å². The Labute approximate surface area is 134 Å². The summed E-state index contributed by atoms with van der Waals surface area (Å²) in [6.45, 7) is 11.8. The van der Waals surface area contributed by atoms with E-state index in [0.29, 0.717) is 11.5 Å². The Hall–Kier alpha value is -0.800. The third-order valence-electron chi connectivity index (χ3n) is 4.83. The van der Waals surface area contributed by atoms with Gasteiger partial charge in [-0.3, -0.25) is 0 Å². The molecule has 2 heterocycles. The molecule has 1 fully saturated rings. The predicted octanol–water partition coefficient (Wildman–Crippen LogP) is 4.25. The summed E-state index contributed by atoms with van der Waals surface area (Å²) < 4.78 is 0. The van der Waals surface area contributed by atoms with Crippen LogP contribution < -0.4 is 10.2 Å². The minimum absolute atomic E-state index is 0.447. The molecule has 1 saturated heterocycles. The van der Waals surface area contributed by atoms with E-state index >= 15 is 0 Å². The molecular weight excluding hydrogens is 282 g/mol. The average Bonchev–Trinajstić information content (AvgIpc) is 2.90. The molecule has 0 unspecified atom stereocenters. The fourth-order valence-corrected chi connectivity index (χ4v) is 3.37. The molecule has 2 rings (SSSR count). The highest BCUT2D eigenvalue weighted by Gasteiger charge is 2.36. The Morgan fingerprint density at radius 2 is 2.10 bits per heavy atom. The quantitative estimate of drug-likeness (QED) is 0.851. The van der Waals surface area contributed by atoms with Crippen molar-refractivity contribution in [1.82, 2.24) is 10.3 Å². The number of anilines is 1. The lowest BCUT2D eigenvalue weighted by Gasteiger charge is -2.27. The molecule has 1 N–H and O–H groups in total. The molecule has 0 spiro atoms. The first kappa shape index (κ1) is 16.6. The molecule has 0 bridgehead atoms. The predicted molar refractivity (Wildman–Crippen MR) is 91.1 cm³/mol. The summed E-state index contributed by atoms with van der Waals surface area (Å²) in [6, 6.07) is 2.52. The Bertz CT molecular complexity index is 469. The van der Waals surface area contributed by atoms with Crippen LogP contribution in [0.1, 0.15) is 52.5 Å². The maximum absolute atomic E-state index is 6.47. The van der Waals surface area contributed by atoms with E-state index in [-0.39, 0.29) is 0 Å². The van der Waals surface area contributed by atoms with Gasteiger partial charge in [-0.1, -0.05) is 39.3 Å². The molecule has 21 heavy (non-hydrogen) atoms. The Balaban J connectivity index is 2.08. The smallest absolute Gasteiger partial charge is 0.147 e. The molecule has 0 atom stereocenters. The maximum atomic E-state index is 6.47.